The van der Waals surface area contributed by atoms with E-state index in [-0.39, 0.29) is 17.9 Å². The van der Waals surface area contributed by atoms with E-state index in [0.717, 1.165) is 25.2 Å². The first-order valence-corrected chi connectivity index (χ1v) is 7.41. The number of carbonyl (C=O) groups excluding carboxylic acids is 1. The zero-order valence-electron chi connectivity index (χ0n) is 12.9. The third kappa shape index (κ3) is 4.03. The van der Waals surface area contributed by atoms with Gasteiger partial charge in [0.1, 0.15) is 5.82 Å². The predicted octanol–water partition coefficient (Wildman–Crippen LogP) is 0.586. The first-order valence-electron chi connectivity index (χ1n) is 7.41. The number of aromatic amines is 1. The van der Waals surface area contributed by atoms with E-state index in [2.05, 4.69) is 31.8 Å². The second-order valence-corrected chi connectivity index (χ2v) is 5.07. The molecule has 2 aromatic rings. The van der Waals surface area contributed by atoms with Gasteiger partial charge in [-0.05, 0) is 13.3 Å². The average molecular weight is 303 g/mol. The van der Waals surface area contributed by atoms with Crippen LogP contribution in [-0.2, 0) is 24.2 Å². The summed E-state index contributed by atoms with van der Waals surface area (Å²) in [5.41, 5.74) is 0.804. The van der Waals surface area contributed by atoms with E-state index in [4.69, 9.17) is 0 Å². The molecule has 2 aromatic heterocycles. The second kappa shape index (κ2) is 7.53. The van der Waals surface area contributed by atoms with Gasteiger partial charge in [0.2, 0.25) is 5.91 Å². The van der Waals surface area contributed by atoms with E-state index in [0.29, 0.717) is 17.8 Å². The normalized spacial score (nSPS) is 10.6. The fourth-order valence-electron chi connectivity index (χ4n) is 2.23. The Kier molecular flexibility index (Phi) is 5.46. The summed E-state index contributed by atoms with van der Waals surface area (Å²) in [6.07, 6.45) is 6.91. The summed E-state index contributed by atoms with van der Waals surface area (Å²) in [5, 5.41) is 2.85. The molecular weight excluding hydrogens is 282 g/mol. The molecule has 7 heteroatoms. The molecule has 22 heavy (non-hydrogen) atoms. The summed E-state index contributed by atoms with van der Waals surface area (Å²) < 4.78 is 2.09. The highest BCUT2D eigenvalue weighted by molar-refractivity contribution is 5.78. The number of carbonyl (C=O) groups is 1. The molecule has 0 aliphatic carbocycles. The SMILES string of the molecule is CCc1nccn1CCCNC(=O)Cc1nc[nH]c(=O)c1C. The standard InChI is InChI=1S/C15H21N5O2/c1-3-13-16-6-8-20(13)7-4-5-17-14(21)9-12-11(2)15(22)19-10-18-12/h6,8,10H,3-5,7,9H2,1-2H3,(H,17,21)(H,18,19,22). The zero-order chi connectivity index (χ0) is 15.9. The lowest BCUT2D eigenvalue weighted by Gasteiger charge is -2.08. The van der Waals surface area contributed by atoms with Crippen molar-refractivity contribution in [2.75, 3.05) is 6.54 Å². The molecule has 7 nitrogen and oxygen atoms in total. The number of rotatable bonds is 7. The molecule has 0 saturated heterocycles. The number of hydrogen-bond acceptors (Lipinski definition) is 4. The van der Waals surface area contributed by atoms with Crippen LogP contribution in [0.25, 0.3) is 0 Å². The maximum atomic E-state index is 11.9. The molecule has 118 valence electrons. The van der Waals surface area contributed by atoms with Crippen molar-refractivity contribution in [2.24, 2.45) is 0 Å². The number of hydrogen-bond donors (Lipinski definition) is 2. The molecule has 0 radical (unpaired) electrons. The summed E-state index contributed by atoms with van der Waals surface area (Å²) in [6, 6.07) is 0. The maximum absolute atomic E-state index is 11.9. The zero-order valence-corrected chi connectivity index (χ0v) is 12.9. The van der Waals surface area contributed by atoms with Crippen LogP contribution in [0.5, 0.6) is 0 Å². The highest BCUT2D eigenvalue weighted by Crippen LogP contribution is 2.00. The van der Waals surface area contributed by atoms with E-state index in [9.17, 15) is 9.59 Å². The van der Waals surface area contributed by atoms with Crippen molar-refractivity contribution in [3.05, 3.63) is 46.2 Å². The molecule has 2 rings (SSSR count). The van der Waals surface area contributed by atoms with Crippen molar-refractivity contribution < 1.29 is 4.79 Å². The fraction of sp³-hybridized carbons (Fsp3) is 0.467. The second-order valence-electron chi connectivity index (χ2n) is 5.07. The quantitative estimate of drug-likeness (QED) is 0.732. The maximum Gasteiger partial charge on any atom is 0.253 e. The number of nitrogens with zero attached hydrogens (tertiary/aromatic N) is 3. The monoisotopic (exact) mass is 303 g/mol. The molecule has 2 heterocycles. The number of imidazole rings is 1. The molecule has 0 aromatic carbocycles. The number of aromatic nitrogens is 4. The average Bonchev–Trinajstić information content (AvgIpc) is 2.96. The Morgan fingerprint density at radius 2 is 2.23 bits per heavy atom. The lowest BCUT2D eigenvalue weighted by Crippen LogP contribution is -2.28. The highest BCUT2D eigenvalue weighted by Gasteiger charge is 2.09. The third-order valence-corrected chi connectivity index (χ3v) is 3.53. The minimum atomic E-state index is -0.204. The Hall–Kier alpha value is -2.44. The third-order valence-electron chi connectivity index (χ3n) is 3.53. The topological polar surface area (TPSA) is 92.7 Å². The molecule has 0 atom stereocenters. The Labute approximate surface area is 128 Å². The highest BCUT2D eigenvalue weighted by atomic mass is 16.1. The van der Waals surface area contributed by atoms with Crippen LogP contribution in [0.1, 0.15) is 30.4 Å². The number of aryl methyl sites for hydroxylation is 2. The van der Waals surface area contributed by atoms with Gasteiger partial charge in [-0.1, -0.05) is 6.92 Å². The van der Waals surface area contributed by atoms with Crippen molar-refractivity contribution in [1.29, 1.82) is 0 Å². The van der Waals surface area contributed by atoms with Crippen LogP contribution in [0.2, 0.25) is 0 Å². The van der Waals surface area contributed by atoms with Crippen molar-refractivity contribution in [3.8, 4) is 0 Å². The largest absolute Gasteiger partial charge is 0.356 e. The molecule has 0 bridgehead atoms. The van der Waals surface area contributed by atoms with E-state index in [1.54, 1.807) is 13.1 Å². The first kappa shape index (κ1) is 15.9. The molecule has 0 saturated carbocycles. The summed E-state index contributed by atoms with van der Waals surface area (Å²) in [4.78, 5) is 34.1. The van der Waals surface area contributed by atoms with Crippen LogP contribution in [0.15, 0.2) is 23.5 Å². The van der Waals surface area contributed by atoms with Gasteiger partial charge >= 0.3 is 0 Å². The Bertz CT molecular complexity index is 689. The van der Waals surface area contributed by atoms with Crippen LogP contribution in [0, 0.1) is 6.92 Å². The Morgan fingerprint density at radius 1 is 1.41 bits per heavy atom. The predicted molar refractivity (Wildman–Crippen MR) is 82.5 cm³/mol. The number of H-pyrrole nitrogens is 1. The summed E-state index contributed by atoms with van der Waals surface area (Å²) in [5.74, 6) is 0.928. The molecule has 0 fully saturated rings. The van der Waals surface area contributed by atoms with Gasteiger partial charge < -0.3 is 14.9 Å². The van der Waals surface area contributed by atoms with Gasteiger partial charge in [0.25, 0.3) is 5.56 Å². The number of amides is 1. The van der Waals surface area contributed by atoms with Crippen LogP contribution in [0.3, 0.4) is 0 Å². The molecule has 2 N–H and O–H groups in total. The van der Waals surface area contributed by atoms with E-state index < -0.39 is 0 Å². The smallest absolute Gasteiger partial charge is 0.253 e. The Morgan fingerprint density at radius 3 is 3.00 bits per heavy atom. The lowest BCUT2D eigenvalue weighted by molar-refractivity contribution is -0.120. The number of nitrogens with one attached hydrogen (secondary N) is 2. The fourth-order valence-corrected chi connectivity index (χ4v) is 2.23. The van der Waals surface area contributed by atoms with E-state index >= 15 is 0 Å². The van der Waals surface area contributed by atoms with Crippen molar-refractivity contribution in [1.82, 2.24) is 24.8 Å². The lowest BCUT2D eigenvalue weighted by atomic mass is 10.2. The molecular formula is C15H21N5O2. The summed E-state index contributed by atoms with van der Waals surface area (Å²) in [6.45, 7) is 5.14. The van der Waals surface area contributed by atoms with Gasteiger partial charge in [0.05, 0.1) is 18.4 Å². The minimum Gasteiger partial charge on any atom is -0.356 e. The van der Waals surface area contributed by atoms with Gasteiger partial charge in [-0.25, -0.2) is 9.97 Å². The van der Waals surface area contributed by atoms with Crippen molar-refractivity contribution >= 4 is 5.91 Å². The van der Waals surface area contributed by atoms with Crippen LogP contribution in [-0.4, -0.2) is 32.0 Å². The van der Waals surface area contributed by atoms with Crippen LogP contribution >= 0.6 is 0 Å². The van der Waals surface area contributed by atoms with Gasteiger partial charge in [-0.3, -0.25) is 9.59 Å². The van der Waals surface area contributed by atoms with E-state index in [1.807, 2.05) is 6.20 Å². The summed E-state index contributed by atoms with van der Waals surface area (Å²) >= 11 is 0. The van der Waals surface area contributed by atoms with Crippen molar-refractivity contribution in [3.63, 3.8) is 0 Å². The van der Waals surface area contributed by atoms with Gasteiger partial charge in [-0.2, -0.15) is 0 Å². The molecule has 0 spiro atoms. The molecule has 0 unspecified atom stereocenters. The van der Waals surface area contributed by atoms with Crippen LogP contribution < -0.4 is 10.9 Å². The van der Waals surface area contributed by atoms with E-state index in [1.165, 1.54) is 6.33 Å². The van der Waals surface area contributed by atoms with Gasteiger partial charge in [0.15, 0.2) is 0 Å². The van der Waals surface area contributed by atoms with Gasteiger partial charge in [-0.15, -0.1) is 0 Å². The molecule has 1 amide bonds. The molecule has 0 aliphatic heterocycles. The first-order chi connectivity index (χ1) is 10.6. The Balaban J connectivity index is 1.76. The minimum absolute atomic E-state index is 0.123. The molecule has 0 aliphatic rings. The summed E-state index contributed by atoms with van der Waals surface area (Å²) in [7, 11) is 0. The van der Waals surface area contributed by atoms with Crippen LogP contribution in [0.4, 0.5) is 0 Å². The van der Waals surface area contributed by atoms with Crippen molar-refractivity contribution in [2.45, 2.75) is 39.7 Å². The van der Waals surface area contributed by atoms with Gasteiger partial charge in [0, 0.05) is 37.5 Å².